The number of carbonyl (C=O) groups is 2. The minimum atomic E-state index is -0.384. The molecule has 1 aliphatic rings. The first-order valence-electron chi connectivity index (χ1n) is 12.7. The Hall–Kier alpha value is -3.22. The zero-order valence-corrected chi connectivity index (χ0v) is 22.7. The van der Waals surface area contributed by atoms with Crippen molar-refractivity contribution >= 4 is 50.7 Å². The summed E-state index contributed by atoms with van der Waals surface area (Å²) in [5, 5.41) is 4.79. The zero-order valence-electron chi connectivity index (χ0n) is 21.1. The topological polar surface area (TPSA) is 68.3 Å². The van der Waals surface area contributed by atoms with Crippen LogP contribution in [-0.4, -0.2) is 23.0 Å². The molecule has 0 saturated carbocycles. The first kappa shape index (κ1) is 25.4. The van der Waals surface area contributed by atoms with Crippen LogP contribution in [0.4, 0.5) is 5.00 Å². The number of amides is 1. The molecule has 190 valence electrons. The Balaban J connectivity index is 1.58. The molecule has 0 saturated heterocycles. The van der Waals surface area contributed by atoms with Gasteiger partial charge in [-0.1, -0.05) is 55.3 Å². The van der Waals surface area contributed by atoms with Crippen LogP contribution >= 0.6 is 22.9 Å². The average molecular weight is 533 g/mol. The lowest BCUT2D eigenvalue weighted by Crippen LogP contribution is -2.19. The molecule has 4 aromatic rings. The number of nitrogens with zero attached hydrogens (tertiary/aromatic N) is 1. The van der Waals surface area contributed by atoms with Crippen molar-refractivity contribution in [2.24, 2.45) is 5.92 Å². The van der Waals surface area contributed by atoms with Crippen LogP contribution in [0.3, 0.4) is 0 Å². The Labute approximate surface area is 225 Å². The number of halogens is 1. The van der Waals surface area contributed by atoms with Crippen molar-refractivity contribution < 1.29 is 14.3 Å². The molecule has 0 aliphatic heterocycles. The highest BCUT2D eigenvalue weighted by molar-refractivity contribution is 7.17. The van der Waals surface area contributed by atoms with Gasteiger partial charge in [0, 0.05) is 20.8 Å². The number of fused-ring (bicyclic) bond motifs is 2. The van der Waals surface area contributed by atoms with Gasteiger partial charge < -0.3 is 10.1 Å². The van der Waals surface area contributed by atoms with Crippen molar-refractivity contribution in [3.63, 3.8) is 0 Å². The van der Waals surface area contributed by atoms with E-state index in [9.17, 15) is 9.59 Å². The van der Waals surface area contributed by atoms with Crippen molar-refractivity contribution in [3.8, 4) is 11.3 Å². The number of aromatic nitrogens is 1. The number of nitrogens with one attached hydrogen (secondary N) is 1. The Morgan fingerprint density at radius 1 is 1.16 bits per heavy atom. The quantitative estimate of drug-likeness (QED) is 0.256. The molecule has 0 bridgehead atoms. The molecular formula is C30H29ClN2O3S. The largest absolute Gasteiger partial charge is 0.459 e. The Kier molecular flexibility index (Phi) is 7.31. The van der Waals surface area contributed by atoms with E-state index in [0.717, 1.165) is 41.7 Å². The van der Waals surface area contributed by atoms with Crippen molar-refractivity contribution in [2.75, 3.05) is 5.32 Å². The van der Waals surface area contributed by atoms with Crippen LogP contribution in [0.1, 0.15) is 64.8 Å². The summed E-state index contributed by atoms with van der Waals surface area (Å²) in [6.07, 6.45) is 3.60. The van der Waals surface area contributed by atoms with Crippen molar-refractivity contribution in [3.05, 3.63) is 81.2 Å². The van der Waals surface area contributed by atoms with Crippen molar-refractivity contribution in [1.29, 1.82) is 0 Å². The SMILES string of the molecule is CC[C@@H]1CCc2c(sc(NC(=O)c3cc(-c4ccccc4)nc4ccc(Cl)cc34)c2C(=O)OC(C)C)C1. The maximum Gasteiger partial charge on any atom is 0.341 e. The van der Waals surface area contributed by atoms with E-state index in [1.807, 2.05) is 50.2 Å². The van der Waals surface area contributed by atoms with Crippen molar-refractivity contribution in [2.45, 2.75) is 52.6 Å². The first-order chi connectivity index (χ1) is 17.8. The third kappa shape index (κ3) is 5.27. The zero-order chi connectivity index (χ0) is 26.1. The molecular weight excluding hydrogens is 504 g/mol. The monoisotopic (exact) mass is 532 g/mol. The van der Waals surface area contributed by atoms with Gasteiger partial charge in [-0.2, -0.15) is 0 Å². The molecule has 1 amide bonds. The van der Waals surface area contributed by atoms with Gasteiger partial charge in [-0.15, -0.1) is 11.3 Å². The number of benzene rings is 2. The molecule has 1 N–H and O–H groups in total. The number of ether oxygens (including phenoxy) is 1. The van der Waals surface area contributed by atoms with Crippen molar-refractivity contribution in [1.82, 2.24) is 4.98 Å². The van der Waals surface area contributed by atoms with Gasteiger partial charge in [0.05, 0.1) is 28.4 Å². The van der Waals surface area contributed by atoms with E-state index in [4.69, 9.17) is 21.3 Å². The van der Waals surface area contributed by atoms with Gasteiger partial charge in [-0.05, 0) is 68.9 Å². The van der Waals surface area contributed by atoms with Gasteiger partial charge in [0.15, 0.2) is 0 Å². The fraction of sp³-hybridized carbons (Fsp3) is 0.300. The van der Waals surface area contributed by atoms with Crippen LogP contribution in [0.25, 0.3) is 22.2 Å². The van der Waals surface area contributed by atoms with E-state index in [0.29, 0.717) is 43.7 Å². The second kappa shape index (κ2) is 10.6. The number of esters is 1. The lowest BCUT2D eigenvalue weighted by Gasteiger charge is -2.21. The number of thiophene rings is 1. The van der Waals surface area contributed by atoms with E-state index in [-0.39, 0.29) is 18.0 Å². The summed E-state index contributed by atoms with van der Waals surface area (Å²) in [5.74, 6) is -0.107. The third-order valence-electron chi connectivity index (χ3n) is 6.80. The van der Waals surface area contributed by atoms with Crippen LogP contribution in [0, 0.1) is 5.92 Å². The van der Waals surface area contributed by atoms with Crippen LogP contribution in [0.15, 0.2) is 54.6 Å². The molecule has 2 heterocycles. The summed E-state index contributed by atoms with van der Waals surface area (Å²) < 4.78 is 5.59. The van der Waals surface area contributed by atoms with E-state index < -0.39 is 0 Å². The predicted molar refractivity (Wildman–Crippen MR) is 151 cm³/mol. The molecule has 2 aromatic heterocycles. The van der Waals surface area contributed by atoms with Gasteiger partial charge in [0.1, 0.15) is 5.00 Å². The van der Waals surface area contributed by atoms with Gasteiger partial charge in [-0.25, -0.2) is 9.78 Å². The van der Waals surface area contributed by atoms with Crippen LogP contribution in [-0.2, 0) is 17.6 Å². The molecule has 37 heavy (non-hydrogen) atoms. The maximum absolute atomic E-state index is 13.8. The van der Waals surface area contributed by atoms with Gasteiger partial charge >= 0.3 is 5.97 Å². The highest BCUT2D eigenvalue weighted by atomic mass is 35.5. The van der Waals surface area contributed by atoms with Gasteiger partial charge in [-0.3, -0.25) is 4.79 Å². The summed E-state index contributed by atoms with van der Waals surface area (Å²) in [7, 11) is 0. The molecule has 5 nitrogen and oxygen atoms in total. The second-order valence-electron chi connectivity index (χ2n) is 9.72. The number of rotatable bonds is 6. The van der Waals surface area contributed by atoms with Crippen LogP contribution in [0.5, 0.6) is 0 Å². The van der Waals surface area contributed by atoms with Gasteiger partial charge in [0.2, 0.25) is 0 Å². The lowest BCUT2D eigenvalue weighted by atomic mass is 9.85. The fourth-order valence-corrected chi connectivity index (χ4v) is 6.41. The number of carbonyl (C=O) groups excluding carboxylic acids is 2. The summed E-state index contributed by atoms with van der Waals surface area (Å²) >= 11 is 7.80. The number of hydrogen-bond donors (Lipinski definition) is 1. The molecule has 5 rings (SSSR count). The highest BCUT2D eigenvalue weighted by Gasteiger charge is 2.31. The Morgan fingerprint density at radius 2 is 1.95 bits per heavy atom. The smallest absolute Gasteiger partial charge is 0.341 e. The summed E-state index contributed by atoms with van der Waals surface area (Å²) in [4.78, 5) is 32.9. The molecule has 0 radical (unpaired) electrons. The summed E-state index contributed by atoms with van der Waals surface area (Å²) in [5.41, 5.74) is 4.24. The molecule has 0 fully saturated rings. The molecule has 7 heteroatoms. The van der Waals surface area contributed by atoms with Crippen LogP contribution in [0.2, 0.25) is 5.02 Å². The molecule has 1 aliphatic carbocycles. The minimum absolute atomic E-state index is 0.252. The maximum atomic E-state index is 13.8. The summed E-state index contributed by atoms with van der Waals surface area (Å²) in [6.45, 7) is 5.87. The predicted octanol–water partition coefficient (Wildman–Crippen LogP) is 7.95. The number of anilines is 1. The van der Waals surface area contributed by atoms with Crippen LogP contribution < -0.4 is 5.32 Å². The van der Waals surface area contributed by atoms with E-state index in [1.165, 1.54) is 11.3 Å². The van der Waals surface area contributed by atoms with Gasteiger partial charge in [0.25, 0.3) is 5.91 Å². The third-order valence-corrected chi connectivity index (χ3v) is 8.21. The van der Waals surface area contributed by atoms with E-state index in [1.54, 1.807) is 18.2 Å². The second-order valence-corrected chi connectivity index (χ2v) is 11.3. The molecule has 0 unspecified atom stereocenters. The normalized spacial score (nSPS) is 15.0. The highest BCUT2D eigenvalue weighted by Crippen LogP contribution is 2.41. The average Bonchev–Trinajstić information content (AvgIpc) is 3.25. The summed E-state index contributed by atoms with van der Waals surface area (Å²) in [6, 6.07) is 16.9. The van der Waals surface area contributed by atoms with E-state index in [2.05, 4.69) is 12.2 Å². The molecule has 1 atom stereocenters. The Morgan fingerprint density at radius 3 is 2.68 bits per heavy atom. The number of hydrogen-bond acceptors (Lipinski definition) is 5. The fourth-order valence-electron chi connectivity index (χ4n) is 4.89. The number of pyridine rings is 1. The Bertz CT molecular complexity index is 1480. The molecule has 0 spiro atoms. The first-order valence-corrected chi connectivity index (χ1v) is 13.9. The van der Waals surface area contributed by atoms with E-state index >= 15 is 0 Å². The lowest BCUT2D eigenvalue weighted by molar-refractivity contribution is 0.0378. The molecule has 2 aromatic carbocycles. The minimum Gasteiger partial charge on any atom is -0.459 e. The standard InChI is InChI=1S/C30H29ClN2O3S/c1-4-18-10-12-21-26(14-18)37-29(27(21)30(35)36-17(2)3)33-28(34)23-16-25(19-8-6-5-7-9-19)32-24-13-11-20(31)15-22(23)24/h5-9,11,13,15-18H,4,10,12,14H2,1-3H3,(H,33,34)/t18-/m1/s1.